The quantitative estimate of drug-likeness (QED) is 0.903. The van der Waals surface area contributed by atoms with Crippen LogP contribution in [-0.4, -0.2) is 5.91 Å². The number of carbonyl (C=O) groups excluding carboxylic acids is 1. The summed E-state index contributed by atoms with van der Waals surface area (Å²) in [5.41, 5.74) is 0.873. The molecule has 1 N–H and O–H groups in total. The molecule has 1 atom stereocenters. The van der Waals surface area contributed by atoms with E-state index in [0.29, 0.717) is 0 Å². The molecular formula is C16H17NOS. The zero-order valence-electron chi connectivity index (χ0n) is 10.9. The van der Waals surface area contributed by atoms with Crippen molar-refractivity contribution in [2.24, 2.45) is 0 Å². The first kappa shape index (κ1) is 12.4. The van der Waals surface area contributed by atoms with Crippen LogP contribution in [0.2, 0.25) is 0 Å². The van der Waals surface area contributed by atoms with Crippen LogP contribution in [0.3, 0.4) is 0 Å². The topological polar surface area (TPSA) is 29.1 Å². The molecule has 0 spiro atoms. The first-order chi connectivity index (χ1) is 9.22. The lowest BCUT2D eigenvalue weighted by molar-refractivity contribution is -0.124. The van der Waals surface area contributed by atoms with Gasteiger partial charge in [0.2, 0.25) is 5.91 Å². The number of benzene rings is 1. The van der Waals surface area contributed by atoms with Crippen molar-refractivity contribution >= 4 is 17.2 Å². The number of amides is 1. The molecule has 0 saturated heterocycles. The van der Waals surface area contributed by atoms with Crippen LogP contribution in [0, 0.1) is 0 Å². The molecule has 19 heavy (non-hydrogen) atoms. The SMILES string of the molecule is CC(NC(=O)C1(c2ccccc2)CC1)c1cccs1. The Hall–Kier alpha value is -1.61. The van der Waals surface area contributed by atoms with Gasteiger partial charge in [0.1, 0.15) is 0 Å². The first-order valence-electron chi connectivity index (χ1n) is 6.62. The van der Waals surface area contributed by atoms with E-state index in [-0.39, 0.29) is 17.4 Å². The zero-order chi connectivity index (χ0) is 13.3. The number of thiophene rings is 1. The molecule has 1 saturated carbocycles. The largest absolute Gasteiger partial charge is 0.348 e. The van der Waals surface area contributed by atoms with E-state index in [1.807, 2.05) is 36.6 Å². The van der Waals surface area contributed by atoms with E-state index in [0.717, 1.165) is 18.4 Å². The van der Waals surface area contributed by atoms with Crippen molar-refractivity contribution in [3.05, 3.63) is 58.3 Å². The number of nitrogens with one attached hydrogen (secondary N) is 1. The van der Waals surface area contributed by atoms with Crippen molar-refractivity contribution in [2.75, 3.05) is 0 Å². The van der Waals surface area contributed by atoms with Crippen molar-refractivity contribution in [1.82, 2.24) is 5.32 Å². The molecule has 1 amide bonds. The molecule has 1 fully saturated rings. The average Bonchev–Trinajstić information content (AvgIpc) is 3.07. The van der Waals surface area contributed by atoms with Gasteiger partial charge in [-0.15, -0.1) is 11.3 Å². The number of hydrogen-bond acceptors (Lipinski definition) is 2. The van der Waals surface area contributed by atoms with Gasteiger partial charge in [-0.2, -0.15) is 0 Å². The summed E-state index contributed by atoms with van der Waals surface area (Å²) < 4.78 is 0. The predicted molar refractivity (Wildman–Crippen MR) is 78.2 cm³/mol. The Bertz CT molecular complexity index is 558. The fourth-order valence-corrected chi connectivity index (χ4v) is 3.21. The van der Waals surface area contributed by atoms with E-state index in [2.05, 4.69) is 23.5 Å². The molecule has 3 rings (SSSR count). The minimum atomic E-state index is -0.271. The van der Waals surface area contributed by atoms with Crippen molar-refractivity contribution < 1.29 is 4.79 Å². The normalized spacial score (nSPS) is 17.7. The third-order valence-electron chi connectivity index (χ3n) is 3.83. The van der Waals surface area contributed by atoms with Gasteiger partial charge < -0.3 is 5.32 Å². The summed E-state index contributed by atoms with van der Waals surface area (Å²) in [6, 6.07) is 14.3. The van der Waals surface area contributed by atoms with Crippen LogP contribution in [0.25, 0.3) is 0 Å². The van der Waals surface area contributed by atoms with Gasteiger partial charge in [0.25, 0.3) is 0 Å². The van der Waals surface area contributed by atoms with E-state index in [4.69, 9.17) is 0 Å². The molecule has 0 aliphatic heterocycles. The molecular weight excluding hydrogens is 254 g/mol. The smallest absolute Gasteiger partial charge is 0.231 e. The van der Waals surface area contributed by atoms with Crippen LogP contribution < -0.4 is 5.32 Å². The van der Waals surface area contributed by atoms with Crippen LogP contribution in [0.4, 0.5) is 0 Å². The highest BCUT2D eigenvalue weighted by Crippen LogP contribution is 2.48. The van der Waals surface area contributed by atoms with Gasteiger partial charge in [0, 0.05) is 4.88 Å². The summed E-state index contributed by atoms with van der Waals surface area (Å²) >= 11 is 1.69. The third-order valence-corrected chi connectivity index (χ3v) is 4.88. The van der Waals surface area contributed by atoms with Crippen molar-refractivity contribution in [3.63, 3.8) is 0 Å². The van der Waals surface area contributed by atoms with Crippen molar-refractivity contribution in [2.45, 2.75) is 31.2 Å². The Morgan fingerprint density at radius 1 is 1.21 bits per heavy atom. The molecule has 1 unspecified atom stereocenters. The Kier molecular flexibility index (Phi) is 3.15. The Morgan fingerprint density at radius 2 is 1.95 bits per heavy atom. The number of hydrogen-bond donors (Lipinski definition) is 1. The fraction of sp³-hybridized carbons (Fsp3) is 0.312. The maximum absolute atomic E-state index is 12.5. The van der Waals surface area contributed by atoms with Gasteiger partial charge in [-0.05, 0) is 36.8 Å². The summed E-state index contributed by atoms with van der Waals surface area (Å²) in [4.78, 5) is 13.7. The highest BCUT2D eigenvalue weighted by atomic mass is 32.1. The van der Waals surface area contributed by atoms with Gasteiger partial charge in [0.15, 0.2) is 0 Å². The molecule has 0 bridgehead atoms. The van der Waals surface area contributed by atoms with Gasteiger partial charge in [-0.3, -0.25) is 4.79 Å². The zero-order valence-corrected chi connectivity index (χ0v) is 11.7. The second-order valence-electron chi connectivity index (χ2n) is 5.16. The van der Waals surface area contributed by atoms with Gasteiger partial charge in [-0.25, -0.2) is 0 Å². The molecule has 1 aliphatic carbocycles. The molecule has 0 radical (unpaired) electrons. The van der Waals surface area contributed by atoms with E-state index in [1.165, 1.54) is 4.88 Å². The summed E-state index contributed by atoms with van der Waals surface area (Å²) in [6.07, 6.45) is 1.92. The monoisotopic (exact) mass is 271 g/mol. The van der Waals surface area contributed by atoms with E-state index < -0.39 is 0 Å². The lowest BCUT2D eigenvalue weighted by Gasteiger charge is -2.19. The predicted octanol–water partition coefficient (Wildman–Crippen LogP) is 3.66. The summed E-state index contributed by atoms with van der Waals surface area (Å²) in [5, 5.41) is 5.20. The van der Waals surface area contributed by atoms with Crippen molar-refractivity contribution in [1.29, 1.82) is 0 Å². The Morgan fingerprint density at radius 3 is 2.53 bits per heavy atom. The second-order valence-corrected chi connectivity index (χ2v) is 6.14. The van der Waals surface area contributed by atoms with Gasteiger partial charge >= 0.3 is 0 Å². The molecule has 1 aliphatic rings. The maximum atomic E-state index is 12.5. The molecule has 3 heteroatoms. The highest BCUT2D eigenvalue weighted by molar-refractivity contribution is 7.10. The minimum absolute atomic E-state index is 0.0914. The lowest BCUT2D eigenvalue weighted by Crippen LogP contribution is -2.36. The van der Waals surface area contributed by atoms with Crippen LogP contribution in [0.5, 0.6) is 0 Å². The molecule has 1 aromatic carbocycles. The van der Waals surface area contributed by atoms with Crippen LogP contribution in [0.15, 0.2) is 47.8 Å². The second kappa shape index (κ2) is 4.82. The first-order valence-corrected chi connectivity index (χ1v) is 7.50. The Balaban J connectivity index is 1.74. The molecule has 98 valence electrons. The van der Waals surface area contributed by atoms with Gasteiger partial charge in [-0.1, -0.05) is 36.4 Å². The fourth-order valence-electron chi connectivity index (χ4n) is 2.47. The minimum Gasteiger partial charge on any atom is -0.348 e. The molecule has 1 aromatic heterocycles. The molecule has 2 aromatic rings. The van der Waals surface area contributed by atoms with E-state index >= 15 is 0 Å². The number of carbonyl (C=O) groups is 1. The maximum Gasteiger partial charge on any atom is 0.231 e. The third kappa shape index (κ3) is 2.30. The Labute approximate surface area is 117 Å². The van der Waals surface area contributed by atoms with Crippen LogP contribution in [-0.2, 0) is 10.2 Å². The summed E-state index contributed by atoms with van der Waals surface area (Å²) in [5.74, 6) is 0.166. The number of rotatable bonds is 4. The van der Waals surface area contributed by atoms with Crippen LogP contribution >= 0.6 is 11.3 Å². The lowest BCUT2D eigenvalue weighted by atomic mass is 9.95. The summed E-state index contributed by atoms with van der Waals surface area (Å²) in [7, 11) is 0. The van der Waals surface area contributed by atoms with Gasteiger partial charge in [0.05, 0.1) is 11.5 Å². The van der Waals surface area contributed by atoms with Crippen LogP contribution in [0.1, 0.15) is 36.2 Å². The van der Waals surface area contributed by atoms with Crippen molar-refractivity contribution in [3.8, 4) is 0 Å². The summed E-state index contributed by atoms with van der Waals surface area (Å²) in [6.45, 7) is 2.05. The van der Waals surface area contributed by atoms with E-state index in [9.17, 15) is 4.79 Å². The molecule has 2 nitrogen and oxygen atoms in total. The highest BCUT2D eigenvalue weighted by Gasteiger charge is 2.51. The molecule has 1 heterocycles. The average molecular weight is 271 g/mol. The standard InChI is InChI=1S/C16H17NOS/c1-12(14-8-5-11-19-14)17-15(18)16(9-10-16)13-6-3-2-4-7-13/h2-8,11-12H,9-10H2,1H3,(H,17,18). The van der Waals surface area contributed by atoms with E-state index in [1.54, 1.807) is 11.3 Å².